The maximum absolute atomic E-state index is 12.2. The van der Waals surface area contributed by atoms with Crippen molar-refractivity contribution in [1.29, 1.82) is 0 Å². The first-order chi connectivity index (χ1) is 12.3. The van der Waals surface area contributed by atoms with E-state index in [-0.39, 0.29) is 11.6 Å². The summed E-state index contributed by atoms with van der Waals surface area (Å²) < 4.78 is 0. The van der Waals surface area contributed by atoms with Crippen molar-refractivity contribution >= 4 is 11.7 Å². The third-order valence-corrected chi connectivity index (χ3v) is 4.29. The van der Waals surface area contributed by atoms with Gasteiger partial charge < -0.3 is 5.32 Å². The Morgan fingerprint density at radius 2 is 2.12 bits per heavy atom. The molecule has 0 atom stereocenters. The minimum atomic E-state index is -0.297. The van der Waals surface area contributed by atoms with E-state index in [1.165, 1.54) is 24.2 Å². The fraction of sp³-hybridized carbons (Fsp3) is 0.222. The normalized spacial score (nSPS) is 14.1. The quantitative estimate of drug-likeness (QED) is 0.762. The molecule has 1 aromatic carbocycles. The minimum absolute atomic E-state index is 0.278. The maximum atomic E-state index is 12.2. The topological polar surface area (TPSA) is 86.8 Å². The van der Waals surface area contributed by atoms with Crippen LogP contribution >= 0.6 is 0 Å². The SMILES string of the molecule is O=C(Nc1n[nH]c2c1CCN(Cc1ccccc1)C2)c1cnccn1. The van der Waals surface area contributed by atoms with Crippen LogP contribution < -0.4 is 5.32 Å². The summed E-state index contributed by atoms with van der Waals surface area (Å²) in [6, 6.07) is 10.4. The fourth-order valence-electron chi connectivity index (χ4n) is 3.04. The van der Waals surface area contributed by atoms with Gasteiger partial charge in [0.1, 0.15) is 5.69 Å². The van der Waals surface area contributed by atoms with Gasteiger partial charge in [0, 0.05) is 37.6 Å². The molecule has 3 heterocycles. The molecule has 7 heteroatoms. The molecular weight excluding hydrogens is 316 g/mol. The number of carbonyl (C=O) groups is 1. The Kier molecular flexibility index (Phi) is 4.22. The van der Waals surface area contributed by atoms with Gasteiger partial charge in [-0.05, 0) is 12.0 Å². The zero-order chi connectivity index (χ0) is 17.1. The fourth-order valence-corrected chi connectivity index (χ4v) is 3.04. The standard InChI is InChI=1S/C18H18N6O/c25-18(15-10-19-7-8-20-15)21-17-14-6-9-24(12-16(14)22-23-17)11-13-4-2-1-3-5-13/h1-5,7-8,10H,6,9,11-12H2,(H2,21,22,23,25). The van der Waals surface area contributed by atoms with Crippen LogP contribution in [0.25, 0.3) is 0 Å². The van der Waals surface area contributed by atoms with Crippen molar-refractivity contribution in [2.45, 2.75) is 19.5 Å². The zero-order valence-electron chi connectivity index (χ0n) is 13.6. The Bertz CT molecular complexity index is 862. The molecule has 0 saturated carbocycles. The van der Waals surface area contributed by atoms with Crippen LogP contribution in [0.3, 0.4) is 0 Å². The van der Waals surface area contributed by atoms with Gasteiger partial charge in [0.05, 0.1) is 11.9 Å². The van der Waals surface area contributed by atoms with Crippen molar-refractivity contribution in [1.82, 2.24) is 25.1 Å². The van der Waals surface area contributed by atoms with Crippen molar-refractivity contribution in [2.24, 2.45) is 0 Å². The second-order valence-electron chi connectivity index (χ2n) is 6.02. The van der Waals surface area contributed by atoms with Gasteiger partial charge in [-0.25, -0.2) is 4.98 Å². The van der Waals surface area contributed by atoms with Crippen LogP contribution in [0, 0.1) is 0 Å². The zero-order valence-corrected chi connectivity index (χ0v) is 13.6. The van der Waals surface area contributed by atoms with Crippen LogP contribution in [0.4, 0.5) is 5.82 Å². The number of H-pyrrole nitrogens is 1. The molecule has 0 radical (unpaired) electrons. The smallest absolute Gasteiger partial charge is 0.277 e. The van der Waals surface area contributed by atoms with E-state index < -0.39 is 0 Å². The Morgan fingerprint density at radius 1 is 1.24 bits per heavy atom. The van der Waals surface area contributed by atoms with Crippen LogP contribution in [0.15, 0.2) is 48.9 Å². The summed E-state index contributed by atoms with van der Waals surface area (Å²) in [4.78, 5) is 22.5. The van der Waals surface area contributed by atoms with Crippen molar-refractivity contribution < 1.29 is 4.79 Å². The molecule has 0 bridgehead atoms. The Labute approximate surface area is 145 Å². The third-order valence-electron chi connectivity index (χ3n) is 4.29. The first-order valence-electron chi connectivity index (χ1n) is 8.19. The van der Waals surface area contributed by atoms with Crippen molar-refractivity contribution in [3.8, 4) is 0 Å². The van der Waals surface area contributed by atoms with Gasteiger partial charge in [-0.15, -0.1) is 0 Å². The lowest BCUT2D eigenvalue weighted by Gasteiger charge is -2.26. The average Bonchev–Trinajstić information content (AvgIpc) is 3.05. The number of hydrogen-bond donors (Lipinski definition) is 2. The highest BCUT2D eigenvalue weighted by atomic mass is 16.2. The third kappa shape index (κ3) is 3.41. The molecule has 0 fully saturated rings. The van der Waals surface area contributed by atoms with E-state index in [2.05, 4.69) is 54.6 Å². The second-order valence-corrected chi connectivity index (χ2v) is 6.02. The number of hydrogen-bond acceptors (Lipinski definition) is 5. The lowest BCUT2D eigenvalue weighted by atomic mass is 10.1. The molecule has 2 aromatic heterocycles. The molecule has 2 N–H and O–H groups in total. The summed E-state index contributed by atoms with van der Waals surface area (Å²) >= 11 is 0. The number of aromatic nitrogens is 4. The van der Waals surface area contributed by atoms with Gasteiger partial charge in [-0.3, -0.25) is 19.8 Å². The predicted octanol–water partition coefficient (Wildman–Crippen LogP) is 2.01. The molecule has 3 aromatic rings. The molecule has 7 nitrogen and oxygen atoms in total. The summed E-state index contributed by atoms with van der Waals surface area (Å²) in [5, 5.41) is 10.2. The Balaban J connectivity index is 1.44. The number of benzene rings is 1. The Hall–Kier alpha value is -3.06. The van der Waals surface area contributed by atoms with E-state index in [9.17, 15) is 4.79 Å². The van der Waals surface area contributed by atoms with Gasteiger partial charge in [-0.1, -0.05) is 30.3 Å². The van der Waals surface area contributed by atoms with E-state index in [0.717, 1.165) is 37.3 Å². The molecular formula is C18H18N6O. The highest BCUT2D eigenvalue weighted by molar-refractivity contribution is 6.02. The van der Waals surface area contributed by atoms with Gasteiger partial charge in [0.2, 0.25) is 0 Å². The molecule has 25 heavy (non-hydrogen) atoms. The molecule has 0 saturated heterocycles. The van der Waals surface area contributed by atoms with Crippen molar-refractivity contribution in [3.05, 3.63) is 71.4 Å². The monoisotopic (exact) mass is 334 g/mol. The van der Waals surface area contributed by atoms with E-state index in [1.807, 2.05) is 6.07 Å². The van der Waals surface area contributed by atoms with Crippen LogP contribution in [0.5, 0.6) is 0 Å². The molecule has 0 spiro atoms. The second kappa shape index (κ2) is 6.82. The largest absolute Gasteiger partial charge is 0.303 e. The number of anilines is 1. The lowest BCUT2D eigenvalue weighted by molar-refractivity contribution is 0.102. The number of nitrogens with one attached hydrogen (secondary N) is 2. The Morgan fingerprint density at radius 3 is 2.92 bits per heavy atom. The average molecular weight is 334 g/mol. The highest BCUT2D eigenvalue weighted by Gasteiger charge is 2.23. The van der Waals surface area contributed by atoms with Crippen LogP contribution in [0.1, 0.15) is 27.3 Å². The number of rotatable bonds is 4. The van der Waals surface area contributed by atoms with Gasteiger partial charge in [0.25, 0.3) is 5.91 Å². The highest BCUT2D eigenvalue weighted by Crippen LogP contribution is 2.24. The number of fused-ring (bicyclic) bond motifs is 1. The maximum Gasteiger partial charge on any atom is 0.277 e. The van der Waals surface area contributed by atoms with Gasteiger partial charge in [-0.2, -0.15) is 5.10 Å². The van der Waals surface area contributed by atoms with Gasteiger partial charge in [0.15, 0.2) is 5.82 Å². The number of amides is 1. The summed E-state index contributed by atoms with van der Waals surface area (Å²) in [6.07, 6.45) is 5.32. The van der Waals surface area contributed by atoms with Gasteiger partial charge >= 0.3 is 0 Å². The molecule has 1 aliphatic rings. The molecule has 0 unspecified atom stereocenters. The molecule has 126 valence electrons. The number of carbonyl (C=O) groups excluding carboxylic acids is 1. The summed E-state index contributed by atoms with van der Waals surface area (Å²) in [6.45, 7) is 2.62. The van der Waals surface area contributed by atoms with E-state index in [0.29, 0.717) is 5.82 Å². The first kappa shape index (κ1) is 15.5. The number of aromatic amines is 1. The molecule has 4 rings (SSSR count). The van der Waals surface area contributed by atoms with Crippen LogP contribution in [-0.2, 0) is 19.5 Å². The van der Waals surface area contributed by atoms with E-state index in [4.69, 9.17) is 0 Å². The predicted molar refractivity (Wildman–Crippen MR) is 92.8 cm³/mol. The summed E-state index contributed by atoms with van der Waals surface area (Å²) in [5.74, 6) is 0.291. The lowest BCUT2D eigenvalue weighted by Crippen LogP contribution is -2.30. The minimum Gasteiger partial charge on any atom is -0.303 e. The van der Waals surface area contributed by atoms with Crippen LogP contribution in [0.2, 0.25) is 0 Å². The first-order valence-corrected chi connectivity index (χ1v) is 8.19. The van der Waals surface area contributed by atoms with Crippen LogP contribution in [-0.4, -0.2) is 37.5 Å². The molecule has 1 aliphatic heterocycles. The summed E-state index contributed by atoms with van der Waals surface area (Å²) in [7, 11) is 0. The molecule has 1 amide bonds. The number of nitrogens with zero attached hydrogens (tertiary/aromatic N) is 4. The van der Waals surface area contributed by atoms with Crippen molar-refractivity contribution in [3.63, 3.8) is 0 Å². The molecule has 0 aliphatic carbocycles. The van der Waals surface area contributed by atoms with E-state index in [1.54, 1.807) is 0 Å². The van der Waals surface area contributed by atoms with E-state index >= 15 is 0 Å². The van der Waals surface area contributed by atoms with Crippen molar-refractivity contribution in [2.75, 3.05) is 11.9 Å². The summed E-state index contributed by atoms with van der Waals surface area (Å²) in [5.41, 5.74) is 3.69.